The van der Waals surface area contributed by atoms with Gasteiger partial charge in [-0.25, -0.2) is 5.48 Å². The summed E-state index contributed by atoms with van der Waals surface area (Å²) in [5, 5.41) is 0. The van der Waals surface area contributed by atoms with E-state index in [0.717, 1.165) is 12.5 Å². The first-order valence-corrected chi connectivity index (χ1v) is 5.07. The van der Waals surface area contributed by atoms with Crippen LogP contribution in [0.5, 0.6) is 0 Å². The minimum atomic E-state index is -0.440. The third kappa shape index (κ3) is 2.13. The Morgan fingerprint density at radius 1 is 1.50 bits per heavy atom. The largest absolute Gasteiger partial charge is 0.368 e. The van der Waals surface area contributed by atoms with Gasteiger partial charge in [0.15, 0.2) is 0 Å². The number of hydrogen-bond donors (Lipinski definition) is 2. The summed E-state index contributed by atoms with van der Waals surface area (Å²) in [5.41, 5.74) is 7.74. The van der Waals surface area contributed by atoms with Crippen molar-refractivity contribution in [2.45, 2.75) is 12.8 Å². The SMILES string of the molecule is NC(=O)CONCC1CC2C=CC1C2. The quantitative estimate of drug-likeness (QED) is 0.375. The first kappa shape index (κ1) is 9.68. The Kier molecular flexibility index (Phi) is 2.84. The van der Waals surface area contributed by atoms with Gasteiger partial charge in [-0.05, 0) is 30.6 Å². The lowest BCUT2D eigenvalue weighted by Crippen LogP contribution is -2.29. The lowest BCUT2D eigenvalue weighted by molar-refractivity contribution is -0.125. The fourth-order valence-corrected chi connectivity index (χ4v) is 2.42. The molecule has 4 nitrogen and oxygen atoms in total. The normalized spacial score (nSPS) is 33.9. The Bertz CT molecular complexity index is 253. The van der Waals surface area contributed by atoms with Crippen LogP contribution in [0, 0.1) is 17.8 Å². The van der Waals surface area contributed by atoms with Gasteiger partial charge >= 0.3 is 0 Å². The number of fused-ring (bicyclic) bond motifs is 2. The molecule has 2 bridgehead atoms. The number of carbonyl (C=O) groups is 1. The molecule has 1 fully saturated rings. The predicted octanol–water partition coefficient (Wildman–Crippen LogP) is 0.205. The van der Waals surface area contributed by atoms with Crippen molar-refractivity contribution < 1.29 is 9.63 Å². The number of primary amides is 1. The van der Waals surface area contributed by atoms with Crippen molar-refractivity contribution in [3.05, 3.63) is 12.2 Å². The van der Waals surface area contributed by atoms with E-state index in [-0.39, 0.29) is 6.61 Å². The van der Waals surface area contributed by atoms with E-state index in [1.54, 1.807) is 0 Å². The standard InChI is InChI=1S/C10H16N2O2/c11-10(13)6-14-12-5-9-4-7-1-2-8(9)3-7/h1-2,7-9,12H,3-6H2,(H2,11,13). The van der Waals surface area contributed by atoms with E-state index in [1.807, 2.05) is 0 Å². The molecule has 3 unspecified atom stereocenters. The smallest absolute Gasteiger partial charge is 0.245 e. The summed E-state index contributed by atoms with van der Waals surface area (Å²) >= 11 is 0. The Balaban J connectivity index is 1.63. The van der Waals surface area contributed by atoms with Crippen LogP contribution in [0.2, 0.25) is 0 Å². The molecule has 0 saturated heterocycles. The van der Waals surface area contributed by atoms with Gasteiger partial charge < -0.3 is 5.73 Å². The Morgan fingerprint density at radius 3 is 2.93 bits per heavy atom. The summed E-state index contributed by atoms with van der Waals surface area (Å²) in [7, 11) is 0. The Hall–Kier alpha value is -0.870. The van der Waals surface area contributed by atoms with Gasteiger partial charge in [-0.3, -0.25) is 9.63 Å². The zero-order valence-corrected chi connectivity index (χ0v) is 8.11. The van der Waals surface area contributed by atoms with Crippen LogP contribution in [0.3, 0.4) is 0 Å². The van der Waals surface area contributed by atoms with Crippen LogP contribution in [0.25, 0.3) is 0 Å². The van der Waals surface area contributed by atoms with E-state index in [9.17, 15) is 4.79 Å². The van der Waals surface area contributed by atoms with Crippen LogP contribution in [0.4, 0.5) is 0 Å². The van der Waals surface area contributed by atoms with E-state index >= 15 is 0 Å². The fourth-order valence-electron chi connectivity index (χ4n) is 2.42. The second kappa shape index (κ2) is 4.11. The molecule has 2 aliphatic rings. The van der Waals surface area contributed by atoms with Gasteiger partial charge in [0.1, 0.15) is 6.61 Å². The van der Waals surface area contributed by atoms with E-state index in [4.69, 9.17) is 10.6 Å². The molecule has 78 valence electrons. The third-order valence-corrected chi connectivity index (χ3v) is 3.08. The van der Waals surface area contributed by atoms with Gasteiger partial charge in [0.2, 0.25) is 5.91 Å². The maximum atomic E-state index is 10.4. The summed E-state index contributed by atoms with van der Waals surface area (Å²) in [5.74, 6) is 1.72. The zero-order valence-electron chi connectivity index (χ0n) is 8.11. The zero-order chi connectivity index (χ0) is 9.97. The van der Waals surface area contributed by atoms with Crippen LogP contribution in [-0.2, 0) is 9.63 Å². The fraction of sp³-hybridized carbons (Fsp3) is 0.700. The van der Waals surface area contributed by atoms with Crippen molar-refractivity contribution in [3.63, 3.8) is 0 Å². The maximum Gasteiger partial charge on any atom is 0.245 e. The number of hydroxylamine groups is 1. The highest BCUT2D eigenvalue weighted by Crippen LogP contribution is 2.42. The molecule has 14 heavy (non-hydrogen) atoms. The maximum absolute atomic E-state index is 10.4. The number of carbonyl (C=O) groups excluding carboxylic acids is 1. The van der Waals surface area contributed by atoms with E-state index < -0.39 is 5.91 Å². The molecule has 0 heterocycles. The molecule has 0 spiro atoms. The minimum absolute atomic E-state index is 0.0450. The van der Waals surface area contributed by atoms with Crippen LogP contribution in [0.1, 0.15) is 12.8 Å². The molecule has 0 radical (unpaired) electrons. The molecule has 0 aromatic carbocycles. The van der Waals surface area contributed by atoms with Crippen LogP contribution in [-0.4, -0.2) is 19.1 Å². The first-order valence-electron chi connectivity index (χ1n) is 5.07. The van der Waals surface area contributed by atoms with Crippen molar-refractivity contribution in [1.82, 2.24) is 5.48 Å². The van der Waals surface area contributed by atoms with Crippen molar-refractivity contribution in [1.29, 1.82) is 0 Å². The summed E-state index contributed by atoms with van der Waals surface area (Å²) in [6.07, 6.45) is 7.15. The minimum Gasteiger partial charge on any atom is -0.368 e. The molecule has 0 aromatic heterocycles. The lowest BCUT2D eigenvalue weighted by atomic mass is 9.94. The highest BCUT2D eigenvalue weighted by atomic mass is 16.6. The second-order valence-electron chi connectivity index (χ2n) is 4.14. The van der Waals surface area contributed by atoms with Crippen LogP contribution in [0.15, 0.2) is 12.2 Å². The molecular weight excluding hydrogens is 180 g/mol. The molecule has 0 aliphatic heterocycles. The molecular formula is C10H16N2O2. The van der Waals surface area contributed by atoms with Crippen LogP contribution >= 0.6 is 0 Å². The molecule has 3 atom stereocenters. The summed E-state index contributed by atoms with van der Waals surface area (Å²) in [6, 6.07) is 0. The lowest BCUT2D eigenvalue weighted by Gasteiger charge is -2.17. The Morgan fingerprint density at radius 2 is 2.36 bits per heavy atom. The topological polar surface area (TPSA) is 64.4 Å². The van der Waals surface area contributed by atoms with Crippen molar-refractivity contribution in [3.8, 4) is 0 Å². The Labute approximate surface area is 83.4 Å². The summed E-state index contributed by atoms with van der Waals surface area (Å²) in [6.45, 7) is 0.773. The van der Waals surface area contributed by atoms with E-state index in [1.165, 1.54) is 12.8 Å². The molecule has 3 N–H and O–H groups in total. The van der Waals surface area contributed by atoms with Gasteiger partial charge in [-0.2, -0.15) is 0 Å². The van der Waals surface area contributed by atoms with Crippen molar-refractivity contribution in [2.75, 3.05) is 13.2 Å². The highest BCUT2D eigenvalue weighted by molar-refractivity contribution is 5.74. The average Bonchev–Trinajstić information content (AvgIpc) is 2.73. The summed E-state index contributed by atoms with van der Waals surface area (Å²) in [4.78, 5) is 15.3. The van der Waals surface area contributed by atoms with Gasteiger partial charge in [-0.1, -0.05) is 12.2 Å². The molecule has 1 saturated carbocycles. The number of amides is 1. The molecule has 2 aliphatic carbocycles. The number of nitrogens with one attached hydrogen (secondary N) is 1. The monoisotopic (exact) mass is 196 g/mol. The molecule has 1 amide bonds. The molecule has 2 rings (SSSR count). The number of nitrogens with two attached hydrogens (primary N) is 1. The van der Waals surface area contributed by atoms with Gasteiger partial charge in [0.25, 0.3) is 0 Å². The highest BCUT2D eigenvalue weighted by Gasteiger charge is 2.35. The third-order valence-electron chi connectivity index (χ3n) is 3.08. The van der Waals surface area contributed by atoms with Crippen molar-refractivity contribution >= 4 is 5.91 Å². The van der Waals surface area contributed by atoms with E-state index in [0.29, 0.717) is 11.8 Å². The number of hydrogen-bond acceptors (Lipinski definition) is 3. The second-order valence-corrected chi connectivity index (χ2v) is 4.14. The first-order chi connectivity index (χ1) is 6.75. The average molecular weight is 196 g/mol. The molecule has 4 heteroatoms. The van der Waals surface area contributed by atoms with Gasteiger partial charge in [0, 0.05) is 6.54 Å². The van der Waals surface area contributed by atoms with E-state index in [2.05, 4.69) is 17.6 Å². The van der Waals surface area contributed by atoms with Crippen LogP contribution < -0.4 is 11.2 Å². The number of allylic oxidation sites excluding steroid dienone is 2. The van der Waals surface area contributed by atoms with Crippen molar-refractivity contribution in [2.24, 2.45) is 23.5 Å². The predicted molar refractivity (Wildman–Crippen MR) is 52.0 cm³/mol. The van der Waals surface area contributed by atoms with Gasteiger partial charge in [-0.15, -0.1) is 0 Å². The number of rotatable bonds is 5. The van der Waals surface area contributed by atoms with Gasteiger partial charge in [0.05, 0.1) is 0 Å². The summed E-state index contributed by atoms with van der Waals surface area (Å²) < 4.78 is 0. The molecule has 0 aromatic rings.